The number of aliphatic carboxylic acids is 1. The van der Waals surface area contributed by atoms with Gasteiger partial charge in [0.05, 0.1) is 16.1 Å². The third kappa shape index (κ3) is 6.71. The van der Waals surface area contributed by atoms with Crippen LogP contribution in [0.4, 0.5) is 26.3 Å². The number of carboxylic acid groups (broad SMARTS) is 1. The van der Waals surface area contributed by atoms with Crippen molar-refractivity contribution in [3.05, 3.63) is 93.1 Å². The number of hydrogen-bond donors (Lipinski definition) is 1. The Morgan fingerprint density at radius 1 is 0.951 bits per heavy atom. The molecule has 216 valence electrons. The molecule has 0 saturated heterocycles. The number of hydrogen-bond acceptors (Lipinski definition) is 4. The summed E-state index contributed by atoms with van der Waals surface area (Å²) in [4.78, 5) is 24.7. The van der Waals surface area contributed by atoms with Crippen LogP contribution < -0.4 is 9.47 Å². The Bertz CT molecular complexity index is 1650. The number of rotatable bonds is 8. The van der Waals surface area contributed by atoms with Crippen LogP contribution in [0.5, 0.6) is 11.5 Å². The molecule has 1 heterocycles. The molecule has 4 aromatic rings. The second kappa shape index (κ2) is 11.2. The lowest BCUT2D eigenvalue weighted by molar-refractivity contribution is -0.274. The van der Waals surface area contributed by atoms with Gasteiger partial charge in [0.1, 0.15) is 11.5 Å². The predicted molar refractivity (Wildman–Crippen MR) is 137 cm³/mol. The van der Waals surface area contributed by atoms with Gasteiger partial charge in [0.2, 0.25) is 0 Å². The first-order valence-electron chi connectivity index (χ1n) is 11.5. The van der Waals surface area contributed by atoms with Crippen LogP contribution in [0.1, 0.15) is 27.2 Å². The number of aromatic nitrogens is 1. The second-order valence-electron chi connectivity index (χ2n) is 8.75. The van der Waals surface area contributed by atoms with Gasteiger partial charge in [0, 0.05) is 34.3 Å². The molecule has 6 nitrogen and oxygen atoms in total. The van der Waals surface area contributed by atoms with E-state index in [1.807, 2.05) is 0 Å². The lowest BCUT2D eigenvalue weighted by Crippen LogP contribution is -2.41. The highest BCUT2D eigenvalue weighted by Crippen LogP contribution is 2.35. The molecule has 4 rings (SSSR count). The maximum absolute atomic E-state index is 13.6. The Morgan fingerprint density at radius 2 is 1.66 bits per heavy atom. The minimum atomic E-state index is -5.19. The van der Waals surface area contributed by atoms with E-state index in [0.717, 1.165) is 24.3 Å². The van der Waals surface area contributed by atoms with Gasteiger partial charge in [0.15, 0.2) is 5.78 Å². The van der Waals surface area contributed by atoms with E-state index in [9.17, 15) is 35.9 Å². The highest BCUT2D eigenvalue weighted by molar-refractivity contribution is 6.38. The molecule has 41 heavy (non-hydrogen) atoms. The molecule has 0 saturated carbocycles. The van der Waals surface area contributed by atoms with Gasteiger partial charge in [-0.1, -0.05) is 35.3 Å². The third-order valence-electron chi connectivity index (χ3n) is 5.95. The maximum Gasteiger partial charge on any atom is 0.573 e. The Balaban J connectivity index is 1.82. The fourth-order valence-corrected chi connectivity index (χ4v) is 4.74. The van der Waals surface area contributed by atoms with E-state index in [0.29, 0.717) is 11.3 Å². The molecular formula is C27H17Cl2F6NO5. The van der Waals surface area contributed by atoms with Crippen molar-refractivity contribution in [1.82, 2.24) is 4.57 Å². The van der Waals surface area contributed by atoms with E-state index < -0.39 is 41.9 Å². The summed E-state index contributed by atoms with van der Waals surface area (Å²) in [5.41, 5.74) is 0.918. The van der Waals surface area contributed by atoms with Crippen LogP contribution in [0.2, 0.25) is 10.0 Å². The van der Waals surface area contributed by atoms with Crippen molar-refractivity contribution in [3.63, 3.8) is 0 Å². The molecule has 0 fully saturated rings. The highest BCUT2D eigenvalue weighted by Gasteiger charge is 2.47. The zero-order chi connectivity index (χ0) is 30.3. The van der Waals surface area contributed by atoms with Crippen molar-refractivity contribution in [2.45, 2.75) is 32.1 Å². The molecule has 0 radical (unpaired) electrons. The third-order valence-corrected chi connectivity index (χ3v) is 6.49. The highest BCUT2D eigenvalue weighted by atomic mass is 35.5. The largest absolute Gasteiger partial charge is 0.573 e. The van der Waals surface area contributed by atoms with E-state index in [2.05, 4.69) is 9.47 Å². The lowest BCUT2D eigenvalue weighted by atomic mass is 10.0. The molecule has 14 heteroatoms. The number of benzene rings is 3. The molecule has 0 aliphatic rings. The summed E-state index contributed by atoms with van der Waals surface area (Å²) in [5.74, 6) is -3.77. The first kappa shape index (κ1) is 30.1. The zero-order valence-corrected chi connectivity index (χ0v) is 22.1. The number of carbonyl (C=O) groups is 2. The number of carboxylic acids is 1. The first-order chi connectivity index (χ1) is 19.0. The minimum Gasteiger partial charge on any atom is -0.478 e. The number of alkyl halides is 6. The number of ether oxygens (including phenoxy) is 2. The van der Waals surface area contributed by atoms with Crippen LogP contribution in [0.3, 0.4) is 0 Å². The zero-order valence-electron chi connectivity index (χ0n) is 20.6. The normalized spacial score (nSPS) is 12.8. The van der Waals surface area contributed by atoms with Crippen molar-refractivity contribution >= 4 is 45.9 Å². The predicted octanol–water partition coefficient (Wildman–Crippen LogP) is 7.83. The van der Waals surface area contributed by atoms with Gasteiger partial charge in [-0.3, -0.25) is 4.79 Å². The standard InChI is InChI=1S/C27H17Cl2F6NO5/c1-13-22(23(37)18-7-5-15(28)10-20(18)29)19-8-6-17(41-27(33,34)35)11-21(19)36(13)12-14-3-2-4-16(9-14)40-24(25(38)39)26(30,31)32/h2-11,24H,12H2,1H3,(H,38,39). The van der Waals surface area contributed by atoms with E-state index in [4.69, 9.17) is 28.3 Å². The Hall–Kier alpha value is -3.90. The number of ketones is 1. The van der Waals surface area contributed by atoms with Gasteiger partial charge in [-0.15, -0.1) is 13.2 Å². The van der Waals surface area contributed by atoms with Gasteiger partial charge in [-0.2, -0.15) is 13.2 Å². The van der Waals surface area contributed by atoms with Gasteiger partial charge >= 0.3 is 18.5 Å². The molecule has 0 spiro atoms. The van der Waals surface area contributed by atoms with Crippen LogP contribution in [0.25, 0.3) is 10.9 Å². The topological polar surface area (TPSA) is 77.8 Å². The molecular weight excluding hydrogens is 603 g/mol. The van der Waals surface area contributed by atoms with Crippen LogP contribution >= 0.6 is 23.2 Å². The average Bonchev–Trinajstić information content (AvgIpc) is 3.11. The summed E-state index contributed by atoms with van der Waals surface area (Å²) in [6.07, 6.45) is -13.3. The summed E-state index contributed by atoms with van der Waals surface area (Å²) >= 11 is 12.2. The summed E-state index contributed by atoms with van der Waals surface area (Å²) in [6.45, 7) is 1.38. The van der Waals surface area contributed by atoms with Gasteiger partial charge in [-0.25, -0.2) is 4.79 Å². The quantitative estimate of drug-likeness (QED) is 0.161. The molecule has 0 aliphatic heterocycles. The smallest absolute Gasteiger partial charge is 0.478 e. The molecule has 1 atom stereocenters. The number of carbonyl (C=O) groups excluding carboxylic acids is 1. The Kier molecular flexibility index (Phi) is 8.19. The molecule has 0 bridgehead atoms. The maximum atomic E-state index is 13.6. The summed E-state index contributed by atoms with van der Waals surface area (Å²) < 4.78 is 88.3. The van der Waals surface area contributed by atoms with Crippen LogP contribution in [0.15, 0.2) is 60.7 Å². The first-order valence-corrected chi connectivity index (χ1v) is 12.2. The van der Waals surface area contributed by atoms with E-state index >= 15 is 0 Å². The summed E-state index contributed by atoms with van der Waals surface area (Å²) in [6, 6.07) is 12.7. The summed E-state index contributed by atoms with van der Waals surface area (Å²) in [5, 5.41) is 9.50. The van der Waals surface area contributed by atoms with Crippen molar-refractivity contribution in [2.75, 3.05) is 0 Å². The Labute approximate surface area is 237 Å². The molecule has 0 amide bonds. The average molecular weight is 620 g/mol. The fourth-order valence-electron chi connectivity index (χ4n) is 4.25. The number of nitrogens with zero attached hydrogens (tertiary/aromatic N) is 1. The fraction of sp³-hybridized carbons (Fsp3) is 0.185. The van der Waals surface area contributed by atoms with Gasteiger partial charge < -0.3 is 19.1 Å². The van der Waals surface area contributed by atoms with Crippen LogP contribution in [-0.4, -0.2) is 40.1 Å². The van der Waals surface area contributed by atoms with E-state index in [-0.39, 0.29) is 38.6 Å². The second-order valence-corrected chi connectivity index (χ2v) is 9.60. The molecule has 1 aromatic heterocycles. The van der Waals surface area contributed by atoms with Crippen molar-refractivity contribution in [1.29, 1.82) is 0 Å². The van der Waals surface area contributed by atoms with Crippen molar-refractivity contribution < 1.29 is 50.5 Å². The van der Waals surface area contributed by atoms with Crippen molar-refractivity contribution in [2.24, 2.45) is 0 Å². The van der Waals surface area contributed by atoms with E-state index in [1.165, 1.54) is 47.9 Å². The number of fused-ring (bicyclic) bond motifs is 1. The number of halogens is 8. The molecule has 1 N–H and O–H groups in total. The molecule has 1 unspecified atom stereocenters. The van der Waals surface area contributed by atoms with E-state index in [1.54, 1.807) is 0 Å². The van der Waals surface area contributed by atoms with Crippen LogP contribution in [-0.2, 0) is 11.3 Å². The summed E-state index contributed by atoms with van der Waals surface area (Å²) in [7, 11) is 0. The SMILES string of the molecule is Cc1c(C(=O)c2ccc(Cl)cc2Cl)c2ccc(OC(F)(F)F)cc2n1Cc1cccc(OC(C(=O)O)C(F)(F)F)c1. The minimum absolute atomic E-state index is 0.0438. The molecule has 3 aromatic carbocycles. The lowest BCUT2D eigenvalue weighted by Gasteiger charge is -2.18. The van der Waals surface area contributed by atoms with Gasteiger partial charge in [-0.05, 0) is 55.0 Å². The molecule has 0 aliphatic carbocycles. The van der Waals surface area contributed by atoms with Crippen molar-refractivity contribution in [3.8, 4) is 11.5 Å². The van der Waals surface area contributed by atoms with Gasteiger partial charge in [0.25, 0.3) is 6.10 Å². The Morgan fingerprint density at radius 3 is 2.27 bits per heavy atom. The monoisotopic (exact) mass is 619 g/mol. The van der Waals surface area contributed by atoms with Crippen LogP contribution in [0, 0.1) is 6.92 Å².